The third-order valence-electron chi connectivity index (χ3n) is 2.77. The van der Waals surface area contributed by atoms with Gasteiger partial charge >= 0.3 is 5.97 Å². The first kappa shape index (κ1) is 14.8. The molecule has 1 rings (SSSR count). The Labute approximate surface area is 109 Å². The summed E-state index contributed by atoms with van der Waals surface area (Å²) in [4.78, 5) is 19.5. The van der Waals surface area contributed by atoms with Gasteiger partial charge in [-0.1, -0.05) is 0 Å². The van der Waals surface area contributed by atoms with Gasteiger partial charge in [0.2, 0.25) is 0 Å². The van der Waals surface area contributed by atoms with E-state index in [2.05, 4.69) is 11.2 Å². The Kier molecular flexibility index (Phi) is 5.76. The molecule has 0 aromatic heterocycles. The van der Waals surface area contributed by atoms with Gasteiger partial charge in [-0.15, -0.1) is 5.06 Å². The molecular weight excluding hydrogens is 236 g/mol. The number of hydrogen-bond donors (Lipinski definition) is 0. The van der Waals surface area contributed by atoms with Crippen molar-refractivity contribution in [1.82, 2.24) is 9.96 Å². The van der Waals surface area contributed by atoms with E-state index in [9.17, 15) is 4.79 Å². The smallest absolute Gasteiger partial charge is 0.330 e. The molecule has 1 aliphatic rings. The van der Waals surface area contributed by atoms with Gasteiger partial charge in [-0.2, -0.15) is 11.8 Å². The van der Waals surface area contributed by atoms with Gasteiger partial charge in [-0.3, -0.25) is 4.90 Å². The summed E-state index contributed by atoms with van der Waals surface area (Å²) in [5.41, 5.74) is -0.421. The molecule has 1 fully saturated rings. The maximum Gasteiger partial charge on any atom is 0.330 e. The van der Waals surface area contributed by atoms with Crippen LogP contribution in [-0.2, 0) is 9.63 Å². The predicted molar refractivity (Wildman–Crippen MR) is 71.9 cm³/mol. The van der Waals surface area contributed by atoms with E-state index in [1.54, 1.807) is 5.06 Å². The second-order valence-corrected chi connectivity index (χ2v) is 6.38. The van der Waals surface area contributed by atoms with E-state index in [0.717, 1.165) is 32.7 Å². The van der Waals surface area contributed by atoms with Crippen LogP contribution in [0, 0.1) is 5.41 Å². The summed E-state index contributed by atoms with van der Waals surface area (Å²) in [5.74, 6) is 1.02. The molecule has 0 spiro atoms. The molecule has 0 aromatic rings. The molecule has 0 bridgehead atoms. The zero-order valence-corrected chi connectivity index (χ0v) is 12.2. The van der Waals surface area contributed by atoms with Crippen molar-refractivity contribution in [2.24, 2.45) is 5.41 Å². The molecule has 100 valence electrons. The lowest BCUT2D eigenvalue weighted by Gasteiger charge is -2.34. The van der Waals surface area contributed by atoms with Gasteiger partial charge in [-0.25, -0.2) is 4.79 Å². The van der Waals surface area contributed by atoms with Crippen molar-refractivity contribution in [2.45, 2.75) is 20.8 Å². The van der Waals surface area contributed by atoms with Crippen LogP contribution in [-0.4, -0.2) is 60.7 Å². The molecule has 4 nitrogen and oxygen atoms in total. The summed E-state index contributed by atoms with van der Waals surface area (Å²) < 4.78 is 0. The summed E-state index contributed by atoms with van der Waals surface area (Å²) in [6.07, 6.45) is 2.13. The number of hydroxylamine groups is 2. The highest BCUT2D eigenvalue weighted by atomic mass is 32.2. The fourth-order valence-electron chi connectivity index (χ4n) is 1.52. The van der Waals surface area contributed by atoms with Gasteiger partial charge in [-0.05, 0) is 27.0 Å². The number of thioether (sulfide) groups is 1. The Bertz CT molecular complexity index is 245. The Morgan fingerprint density at radius 2 is 1.82 bits per heavy atom. The van der Waals surface area contributed by atoms with E-state index in [1.807, 2.05) is 32.5 Å². The number of rotatable bonds is 4. The Morgan fingerprint density at radius 3 is 2.29 bits per heavy atom. The molecule has 0 unspecified atom stereocenters. The molecule has 5 heteroatoms. The number of piperazine rings is 1. The fraction of sp³-hybridized carbons (Fsp3) is 0.917. The highest BCUT2D eigenvalue weighted by Crippen LogP contribution is 2.16. The van der Waals surface area contributed by atoms with Crippen molar-refractivity contribution >= 4 is 17.7 Å². The largest absolute Gasteiger partial charge is 0.367 e. The molecule has 0 amide bonds. The van der Waals surface area contributed by atoms with E-state index in [-0.39, 0.29) is 5.97 Å². The van der Waals surface area contributed by atoms with E-state index in [0.29, 0.717) is 0 Å². The summed E-state index contributed by atoms with van der Waals surface area (Å²) >= 11 is 1.87. The van der Waals surface area contributed by atoms with Crippen LogP contribution < -0.4 is 0 Å². The summed E-state index contributed by atoms with van der Waals surface area (Å²) in [6, 6.07) is 0. The van der Waals surface area contributed by atoms with E-state index in [4.69, 9.17) is 4.84 Å². The predicted octanol–water partition coefficient (Wildman–Crippen LogP) is 1.47. The van der Waals surface area contributed by atoms with Crippen LogP contribution in [0.1, 0.15) is 20.8 Å². The van der Waals surface area contributed by atoms with Gasteiger partial charge < -0.3 is 4.84 Å². The van der Waals surface area contributed by atoms with Crippen molar-refractivity contribution in [1.29, 1.82) is 0 Å². The minimum atomic E-state index is -0.421. The Morgan fingerprint density at radius 1 is 1.24 bits per heavy atom. The number of hydrogen-bond acceptors (Lipinski definition) is 5. The Hall–Kier alpha value is -0.260. The lowest BCUT2D eigenvalue weighted by Crippen LogP contribution is -2.48. The molecule has 0 atom stereocenters. The van der Waals surface area contributed by atoms with Gasteiger partial charge in [0.15, 0.2) is 0 Å². The van der Waals surface area contributed by atoms with Gasteiger partial charge in [0.1, 0.15) is 0 Å². The molecule has 0 aliphatic carbocycles. The second-order valence-electron chi connectivity index (χ2n) is 5.39. The van der Waals surface area contributed by atoms with Crippen molar-refractivity contribution < 1.29 is 9.63 Å². The van der Waals surface area contributed by atoms with Crippen LogP contribution in [0.5, 0.6) is 0 Å². The van der Waals surface area contributed by atoms with Gasteiger partial charge in [0.25, 0.3) is 0 Å². The average molecular weight is 260 g/mol. The van der Waals surface area contributed by atoms with E-state index < -0.39 is 5.41 Å². The van der Waals surface area contributed by atoms with E-state index in [1.165, 1.54) is 5.75 Å². The first-order valence-corrected chi connectivity index (χ1v) is 7.51. The summed E-state index contributed by atoms with van der Waals surface area (Å²) in [7, 11) is 0. The molecular formula is C12H24N2O2S. The minimum Gasteiger partial charge on any atom is -0.367 e. The van der Waals surface area contributed by atoms with Crippen LogP contribution in [0.4, 0.5) is 0 Å². The molecule has 1 saturated heterocycles. The average Bonchev–Trinajstić information content (AvgIpc) is 2.27. The van der Waals surface area contributed by atoms with Crippen molar-refractivity contribution in [3.8, 4) is 0 Å². The molecule has 1 heterocycles. The van der Waals surface area contributed by atoms with Gasteiger partial charge in [0.05, 0.1) is 5.41 Å². The Balaban J connectivity index is 2.25. The SMILES string of the molecule is CSCCN1CCN(OC(=O)C(C)(C)C)CC1. The summed E-state index contributed by atoms with van der Waals surface area (Å²) in [5, 5.41) is 1.79. The van der Waals surface area contributed by atoms with E-state index >= 15 is 0 Å². The molecule has 0 radical (unpaired) electrons. The second kappa shape index (κ2) is 6.61. The maximum atomic E-state index is 11.7. The number of nitrogens with zero attached hydrogens (tertiary/aromatic N) is 2. The highest BCUT2D eigenvalue weighted by Gasteiger charge is 2.27. The van der Waals surface area contributed by atoms with Crippen molar-refractivity contribution in [3.05, 3.63) is 0 Å². The standard InChI is InChI=1S/C12H24N2O2S/c1-12(2,3)11(15)16-14-7-5-13(6-8-14)9-10-17-4/h5-10H2,1-4H3. The topological polar surface area (TPSA) is 32.8 Å². The van der Waals surface area contributed by atoms with Crippen LogP contribution in [0.2, 0.25) is 0 Å². The number of carbonyl (C=O) groups excluding carboxylic acids is 1. The zero-order valence-electron chi connectivity index (χ0n) is 11.4. The molecule has 0 saturated carbocycles. The first-order valence-electron chi connectivity index (χ1n) is 6.12. The lowest BCUT2D eigenvalue weighted by molar-refractivity contribution is -0.206. The quantitative estimate of drug-likeness (QED) is 0.764. The minimum absolute atomic E-state index is 0.143. The molecule has 0 N–H and O–H groups in total. The maximum absolute atomic E-state index is 11.7. The lowest BCUT2D eigenvalue weighted by atomic mass is 9.98. The van der Waals surface area contributed by atoms with Crippen LogP contribution in [0.3, 0.4) is 0 Å². The van der Waals surface area contributed by atoms with Gasteiger partial charge in [0, 0.05) is 38.5 Å². The van der Waals surface area contributed by atoms with Crippen LogP contribution >= 0.6 is 11.8 Å². The number of carbonyl (C=O) groups is 1. The molecule has 1 aliphatic heterocycles. The third-order valence-corrected chi connectivity index (χ3v) is 3.36. The molecule has 17 heavy (non-hydrogen) atoms. The van der Waals surface area contributed by atoms with Crippen molar-refractivity contribution in [3.63, 3.8) is 0 Å². The third kappa shape index (κ3) is 5.27. The molecule has 0 aromatic carbocycles. The highest BCUT2D eigenvalue weighted by molar-refractivity contribution is 7.98. The fourth-order valence-corrected chi connectivity index (χ4v) is 1.96. The van der Waals surface area contributed by atoms with Crippen molar-refractivity contribution in [2.75, 3.05) is 44.7 Å². The normalized spacial score (nSPS) is 19.3. The monoisotopic (exact) mass is 260 g/mol. The summed E-state index contributed by atoms with van der Waals surface area (Å²) in [6.45, 7) is 10.4. The zero-order chi connectivity index (χ0) is 12.9. The van der Waals surface area contributed by atoms with Crippen LogP contribution in [0.25, 0.3) is 0 Å². The van der Waals surface area contributed by atoms with Crippen LogP contribution in [0.15, 0.2) is 0 Å². The first-order chi connectivity index (χ1) is 7.93.